The fourth-order valence-corrected chi connectivity index (χ4v) is 1.66. The number of aliphatic hydroxyl groups is 1. The minimum absolute atomic E-state index is 0.129. The summed E-state index contributed by atoms with van der Waals surface area (Å²) in [6.07, 6.45) is 10.3. The van der Waals surface area contributed by atoms with Crippen LogP contribution in [0.15, 0.2) is 40.1 Å². The lowest BCUT2D eigenvalue weighted by Gasteiger charge is -2.01. The van der Waals surface area contributed by atoms with Crippen molar-refractivity contribution in [2.24, 2.45) is 5.11 Å². The zero-order valence-electron chi connectivity index (χ0n) is 12.3. The Morgan fingerprint density at radius 1 is 1.00 bits per heavy atom. The normalized spacial score (nSPS) is 13.4. The van der Waals surface area contributed by atoms with E-state index in [0.717, 1.165) is 31.3 Å². The lowest BCUT2D eigenvalue weighted by Crippen LogP contribution is -1.84. The molecule has 0 aliphatic carbocycles. The third kappa shape index (κ3) is 11.3. The summed E-state index contributed by atoms with van der Waals surface area (Å²) in [6, 6.07) is 0. The van der Waals surface area contributed by atoms with E-state index in [4.69, 9.17) is 10.6 Å². The molecule has 0 fully saturated rings. The van der Waals surface area contributed by atoms with Crippen molar-refractivity contribution in [1.29, 1.82) is 0 Å². The molecule has 0 spiro atoms. The largest absolute Gasteiger partial charge is 0.392 e. The van der Waals surface area contributed by atoms with Crippen molar-refractivity contribution in [3.8, 4) is 0 Å². The summed E-state index contributed by atoms with van der Waals surface area (Å²) in [5.41, 5.74) is 11.9. The number of rotatable bonds is 9. The predicted octanol–water partition coefficient (Wildman–Crippen LogP) is 4.69. The quantitative estimate of drug-likeness (QED) is 0.279. The Bertz CT molecular complexity index is 388. The van der Waals surface area contributed by atoms with Crippen molar-refractivity contribution in [2.75, 3.05) is 13.2 Å². The van der Waals surface area contributed by atoms with Crippen LogP contribution in [0.5, 0.6) is 0 Å². The molecule has 4 heteroatoms. The smallest absolute Gasteiger partial charge is 0.0614 e. The first kappa shape index (κ1) is 17.5. The van der Waals surface area contributed by atoms with E-state index >= 15 is 0 Å². The van der Waals surface area contributed by atoms with Gasteiger partial charge in [-0.1, -0.05) is 40.1 Å². The maximum Gasteiger partial charge on any atom is 0.0614 e. The maximum atomic E-state index is 8.75. The second-order valence-electron chi connectivity index (χ2n) is 4.80. The van der Waals surface area contributed by atoms with E-state index in [1.807, 2.05) is 19.9 Å². The fourth-order valence-electron chi connectivity index (χ4n) is 1.66. The summed E-state index contributed by atoms with van der Waals surface area (Å²) in [5.74, 6) is 0. The highest BCUT2D eigenvalue weighted by atomic mass is 16.2. The minimum Gasteiger partial charge on any atom is -0.392 e. The standard InChI is InChI=1S/C15H25N3O/c1-13(6-4-8-14(2)10-11-19)7-5-9-15(3)12-17-18-16/h6,9-10,19H,4-5,7-8,11-12H2,1-3H3/b13-6+,14-10+,15-9+. The molecule has 0 saturated heterocycles. The molecule has 0 aliphatic rings. The van der Waals surface area contributed by atoms with Gasteiger partial charge in [-0.15, -0.1) is 0 Å². The average Bonchev–Trinajstić information content (AvgIpc) is 2.36. The maximum absolute atomic E-state index is 8.75. The SMILES string of the molecule is C/C(=C\CO)CC/C=C(\C)CC/C=C(\C)CN=[N+]=[N-]. The van der Waals surface area contributed by atoms with Crippen LogP contribution in [-0.2, 0) is 0 Å². The van der Waals surface area contributed by atoms with Gasteiger partial charge in [-0.05, 0) is 52.0 Å². The van der Waals surface area contributed by atoms with Gasteiger partial charge in [0.1, 0.15) is 0 Å². The van der Waals surface area contributed by atoms with Gasteiger partial charge in [-0.25, -0.2) is 0 Å². The zero-order chi connectivity index (χ0) is 14.5. The van der Waals surface area contributed by atoms with Crippen LogP contribution in [0.2, 0.25) is 0 Å². The lowest BCUT2D eigenvalue weighted by molar-refractivity contribution is 0.341. The first-order valence-corrected chi connectivity index (χ1v) is 6.68. The van der Waals surface area contributed by atoms with Crippen LogP contribution in [0.4, 0.5) is 0 Å². The van der Waals surface area contributed by atoms with Gasteiger partial charge in [0.05, 0.1) is 6.61 Å². The molecular weight excluding hydrogens is 238 g/mol. The summed E-state index contributed by atoms with van der Waals surface area (Å²) in [4.78, 5) is 2.74. The van der Waals surface area contributed by atoms with Gasteiger partial charge >= 0.3 is 0 Å². The van der Waals surface area contributed by atoms with Crippen LogP contribution in [0, 0.1) is 0 Å². The lowest BCUT2D eigenvalue weighted by atomic mass is 10.1. The molecule has 0 unspecified atom stereocenters. The van der Waals surface area contributed by atoms with Gasteiger partial charge in [0, 0.05) is 11.5 Å². The van der Waals surface area contributed by atoms with Crippen molar-refractivity contribution in [1.82, 2.24) is 0 Å². The van der Waals surface area contributed by atoms with Gasteiger partial charge < -0.3 is 5.11 Å². The predicted molar refractivity (Wildman–Crippen MR) is 80.8 cm³/mol. The molecule has 0 heterocycles. The third-order valence-electron chi connectivity index (χ3n) is 2.89. The fraction of sp³-hybridized carbons (Fsp3) is 0.600. The molecule has 0 saturated carbocycles. The molecule has 0 aliphatic heterocycles. The Labute approximate surface area is 116 Å². The molecule has 0 radical (unpaired) electrons. The van der Waals surface area contributed by atoms with Crippen LogP contribution < -0.4 is 0 Å². The highest BCUT2D eigenvalue weighted by Crippen LogP contribution is 2.11. The molecule has 0 amide bonds. The van der Waals surface area contributed by atoms with E-state index < -0.39 is 0 Å². The molecule has 106 valence electrons. The van der Waals surface area contributed by atoms with Gasteiger partial charge in [0.15, 0.2) is 0 Å². The zero-order valence-corrected chi connectivity index (χ0v) is 12.3. The third-order valence-corrected chi connectivity index (χ3v) is 2.89. The molecule has 0 bridgehead atoms. The number of nitrogens with zero attached hydrogens (tertiary/aromatic N) is 3. The Morgan fingerprint density at radius 3 is 2.05 bits per heavy atom. The Kier molecular flexibility index (Phi) is 10.7. The van der Waals surface area contributed by atoms with Crippen LogP contribution in [0.1, 0.15) is 46.5 Å². The molecular formula is C15H25N3O. The van der Waals surface area contributed by atoms with Gasteiger partial charge in [-0.2, -0.15) is 0 Å². The number of aliphatic hydroxyl groups excluding tert-OH is 1. The van der Waals surface area contributed by atoms with E-state index in [1.54, 1.807) is 0 Å². The average molecular weight is 263 g/mol. The molecule has 0 aromatic carbocycles. The molecule has 0 rings (SSSR count). The summed E-state index contributed by atoms with van der Waals surface area (Å²) in [6.45, 7) is 6.76. The van der Waals surface area contributed by atoms with Crippen molar-refractivity contribution in [3.05, 3.63) is 45.4 Å². The van der Waals surface area contributed by atoms with E-state index in [9.17, 15) is 0 Å². The summed E-state index contributed by atoms with van der Waals surface area (Å²) < 4.78 is 0. The Morgan fingerprint density at radius 2 is 1.53 bits per heavy atom. The van der Waals surface area contributed by atoms with Crippen molar-refractivity contribution in [3.63, 3.8) is 0 Å². The van der Waals surface area contributed by atoms with Crippen molar-refractivity contribution >= 4 is 0 Å². The second-order valence-corrected chi connectivity index (χ2v) is 4.80. The van der Waals surface area contributed by atoms with Crippen molar-refractivity contribution < 1.29 is 5.11 Å². The molecule has 19 heavy (non-hydrogen) atoms. The van der Waals surface area contributed by atoms with E-state index in [-0.39, 0.29) is 6.61 Å². The molecule has 4 nitrogen and oxygen atoms in total. The van der Waals surface area contributed by atoms with Gasteiger partial charge in [-0.3, -0.25) is 0 Å². The van der Waals surface area contributed by atoms with Crippen molar-refractivity contribution in [2.45, 2.75) is 46.5 Å². The summed E-state index contributed by atoms with van der Waals surface area (Å²) >= 11 is 0. The monoisotopic (exact) mass is 263 g/mol. The van der Waals surface area contributed by atoms with E-state index in [2.05, 4.69) is 29.1 Å². The number of azide groups is 1. The number of hydrogen-bond donors (Lipinski definition) is 1. The number of hydrogen-bond acceptors (Lipinski definition) is 2. The van der Waals surface area contributed by atoms with Gasteiger partial charge in [0.25, 0.3) is 0 Å². The second kappa shape index (κ2) is 11.6. The minimum atomic E-state index is 0.129. The molecule has 0 aromatic heterocycles. The molecule has 1 N–H and O–H groups in total. The van der Waals surface area contributed by atoms with Gasteiger partial charge in [0.2, 0.25) is 0 Å². The van der Waals surface area contributed by atoms with Crippen LogP contribution in [0.25, 0.3) is 10.4 Å². The van der Waals surface area contributed by atoms with E-state index in [1.165, 1.54) is 11.1 Å². The first-order valence-electron chi connectivity index (χ1n) is 6.68. The number of allylic oxidation sites excluding steroid dienone is 4. The summed E-state index contributed by atoms with van der Waals surface area (Å²) in [5, 5.41) is 12.3. The van der Waals surface area contributed by atoms with E-state index in [0.29, 0.717) is 6.54 Å². The Balaban J connectivity index is 3.94. The molecule has 0 aromatic rings. The highest BCUT2D eigenvalue weighted by molar-refractivity contribution is 5.06. The summed E-state index contributed by atoms with van der Waals surface area (Å²) in [7, 11) is 0. The van der Waals surface area contributed by atoms with Crippen LogP contribution >= 0.6 is 0 Å². The topological polar surface area (TPSA) is 69.0 Å². The van der Waals surface area contributed by atoms with Crippen LogP contribution in [0.3, 0.4) is 0 Å². The molecule has 0 atom stereocenters. The van der Waals surface area contributed by atoms with Crippen LogP contribution in [-0.4, -0.2) is 18.3 Å². The first-order chi connectivity index (χ1) is 9.10. The highest BCUT2D eigenvalue weighted by Gasteiger charge is 1.92. The Hall–Kier alpha value is -1.51.